The highest BCUT2D eigenvalue weighted by molar-refractivity contribution is 8.12. The van der Waals surface area contributed by atoms with E-state index in [4.69, 9.17) is 0 Å². The zero-order valence-corrected chi connectivity index (χ0v) is 10.2. The number of thioether (sulfide) groups is 1. The van der Waals surface area contributed by atoms with Gasteiger partial charge in [-0.1, -0.05) is 13.8 Å². The van der Waals surface area contributed by atoms with Gasteiger partial charge in [-0.25, -0.2) is 0 Å². The summed E-state index contributed by atoms with van der Waals surface area (Å²) < 4.78 is 0. The van der Waals surface area contributed by atoms with Crippen molar-refractivity contribution in [3.05, 3.63) is 0 Å². The van der Waals surface area contributed by atoms with E-state index in [1.807, 2.05) is 0 Å². The van der Waals surface area contributed by atoms with Gasteiger partial charge in [-0.2, -0.15) is 0 Å². The van der Waals surface area contributed by atoms with Crippen LogP contribution in [0.15, 0.2) is 0 Å². The molecule has 0 aromatic rings. The van der Waals surface area contributed by atoms with Crippen LogP contribution in [0.5, 0.6) is 0 Å². The lowest BCUT2D eigenvalue weighted by Crippen LogP contribution is -3.00. The van der Waals surface area contributed by atoms with Crippen LogP contribution < -0.4 is 34.3 Å². The Hall–Kier alpha value is 0.550. The fourth-order valence-electron chi connectivity index (χ4n) is 0.908. The van der Waals surface area contributed by atoms with Crippen LogP contribution in [0.3, 0.4) is 0 Å². The predicted octanol–water partition coefficient (Wildman–Crippen LogP) is -3.58. The highest BCUT2D eigenvalue weighted by Crippen LogP contribution is 2.11. The number of nitrogens with one attached hydrogen (secondary N) is 2. The molecule has 0 amide bonds. The fourth-order valence-corrected chi connectivity index (χ4v) is 1.34. The van der Waals surface area contributed by atoms with Crippen LogP contribution in [0.1, 0.15) is 13.8 Å². The van der Waals surface area contributed by atoms with E-state index in [9.17, 15) is 0 Å². The smallest absolute Gasteiger partial charge is 0.303 e. The molecule has 0 saturated heterocycles. The first-order valence-electron chi connectivity index (χ1n) is 3.53. The third-order valence-corrected chi connectivity index (χ3v) is 2.36. The van der Waals surface area contributed by atoms with Crippen LogP contribution in [-0.2, 0) is 0 Å². The van der Waals surface area contributed by atoms with Crippen molar-refractivity contribution in [3.63, 3.8) is 0 Å². The molecule has 1 heterocycles. The molecule has 11 heavy (non-hydrogen) atoms. The highest BCUT2D eigenvalue weighted by atomic mass is 127. The molecule has 0 saturated carbocycles. The Bertz CT molecular complexity index is 157. The summed E-state index contributed by atoms with van der Waals surface area (Å²) in [6.07, 6.45) is 2.08. The van der Waals surface area contributed by atoms with E-state index in [1.165, 1.54) is 5.17 Å². The van der Waals surface area contributed by atoms with Crippen molar-refractivity contribution in [1.29, 1.82) is 0 Å². The van der Waals surface area contributed by atoms with E-state index >= 15 is 0 Å². The summed E-state index contributed by atoms with van der Waals surface area (Å²) >= 11 is 1.74. The molecule has 0 spiro atoms. The van der Waals surface area contributed by atoms with Gasteiger partial charge < -0.3 is 24.0 Å². The Labute approximate surface area is 89.6 Å². The van der Waals surface area contributed by atoms with E-state index in [0.717, 1.165) is 13.1 Å². The monoisotopic (exact) mass is 286 g/mol. The molecular formula is C7H15IN2S. The zero-order valence-electron chi connectivity index (χ0n) is 7.20. The fraction of sp³-hybridized carbons (Fsp3) is 0.857. The molecule has 0 bridgehead atoms. The molecule has 2 nitrogen and oxygen atoms in total. The number of hydrogen-bond acceptors (Lipinski definition) is 2. The molecule has 66 valence electrons. The Morgan fingerprint density at radius 3 is 2.55 bits per heavy atom. The van der Waals surface area contributed by atoms with Crippen LogP contribution in [0.4, 0.5) is 0 Å². The van der Waals surface area contributed by atoms with Gasteiger partial charge in [0.25, 0.3) is 0 Å². The molecule has 0 aliphatic carbocycles. The largest absolute Gasteiger partial charge is 1.00 e. The van der Waals surface area contributed by atoms with E-state index < -0.39 is 0 Å². The summed E-state index contributed by atoms with van der Waals surface area (Å²) in [5, 5.41) is 4.54. The van der Waals surface area contributed by atoms with Crippen molar-refractivity contribution >= 4 is 16.9 Å². The molecule has 0 fully saturated rings. The standard InChI is InChI=1S/C7H14N2S.HI/c1-7(2)4-8-6(10-3)9-5-7;/h4-5H2,1-3H3,(H,8,9);1H. The molecule has 0 aromatic heterocycles. The summed E-state index contributed by atoms with van der Waals surface area (Å²) in [6, 6.07) is 0. The van der Waals surface area contributed by atoms with E-state index in [1.54, 1.807) is 11.8 Å². The first-order valence-corrected chi connectivity index (χ1v) is 4.75. The van der Waals surface area contributed by atoms with E-state index in [0.29, 0.717) is 5.41 Å². The summed E-state index contributed by atoms with van der Waals surface area (Å²) in [5.41, 5.74) is 0.402. The Morgan fingerprint density at radius 2 is 2.18 bits per heavy atom. The Balaban J connectivity index is 0.000001000. The van der Waals surface area contributed by atoms with Crippen LogP contribution in [0.2, 0.25) is 0 Å². The van der Waals surface area contributed by atoms with Crippen LogP contribution in [0.25, 0.3) is 0 Å². The normalized spacial score (nSPS) is 21.2. The number of hydrogen-bond donors (Lipinski definition) is 2. The minimum atomic E-state index is 0. The van der Waals surface area contributed by atoms with Crippen molar-refractivity contribution in [1.82, 2.24) is 5.32 Å². The number of rotatable bonds is 0. The Kier molecular flexibility index (Phi) is 4.77. The van der Waals surface area contributed by atoms with Gasteiger partial charge in [0, 0.05) is 5.41 Å². The van der Waals surface area contributed by atoms with Gasteiger partial charge in [-0.3, -0.25) is 10.3 Å². The van der Waals surface area contributed by atoms with Gasteiger partial charge in [-0.05, 0) is 18.0 Å². The van der Waals surface area contributed by atoms with Gasteiger partial charge in [0.05, 0.1) is 13.1 Å². The van der Waals surface area contributed by atoms with Crippen molar-refractivity contribution < 1.29 is 29.0 Å². The maximum Gasteiger partial charge on any atom is 0.303 e. The van der Waals surface area contributed by atoms with Crippen molar-refractivity contribution in [2.24, 2.45) is 5.41 Å². The molecule has 0 aromatic carbocycles. The lowest BCUT2D eigenvalue weighted by molar-refractivity contribution is -0.479. The second kappa shape index (κ2) is 4.54. The molecule has 4 heteroatoms. The van der Waals surface area contributed by atoms with Gasteiger partial charge >= 0.3 is 5.17 Å². The predicted molar refractivity (Wildman–Crippen MR) is 46.1 cm³/mol. The van der Waals surface area contributed by atoms with Crippen LogP contribution in [0, 0.1) is 5.41 Å². The van der Waals surface area contributed by atoms with Gasteiger partial charge in [-0.15, -0.1) is 0 Å². The first kappa shape index (κ1) is 11.6. The minimum absolute atomic E-state index is 0. The van der Waals surface area contributed by atoms with Crippen LogP contribution in [-0.4, -0.2) is 24.5 Å². The molecule has 1 rings (SSSR count). The van der Waals surface area contributed by atoms with Crippen LogP contribution >= 0.6 is 11.8 Å². The number of amidine groups is 1. The highest BCUT2D eigenvalue weighted by Gasteiger charge is 2.26. The van der Waals surface area contributed by atoms with Crippen molar-refractivity contribution in [3.8, 4) is 0 Å². The maximum atomic E-state index is 3.33. The summed E-state index contributed by atoms with van der Waals surface area (Å²) in [4.78, 5) is 3.33. The van der Waals surface area contributed by atoms with E-state index in [2.05, 4.69) is 30.4 Å². The molecule has 1 aliphatic rings. The second-order valence-electron chi connectivity index (χ2n) is 3.40. The van der Waals surface area contributed by atoms with Gasteiger partial charge in [0.1, 0.15) is 0 Å². The summed E-state index contributed by atoms with van der Waals surface area (Å²) in [7, 11) is 0. The van der Waals surface area contributed by atoms with E-state index in [-0.39, 0.29) is 24.0 Å². The lowest BCUT2D eigenvalue weighted by Gasteiger charge is -2.23. The average Bonchev–Trinajstić information content (AvgIpc) is 1.88. The molecule has 1 aliphatic heterocycles. The molecule has 0 unspecified atom stereocenters. The SMILES string of the molecule is CSC1=[NH+]CC(C)(C)CN1.[I-]. The quantitative estimate of drug-likeness (QED) is 0.451. The second-order valence-corrected chi connectivity index (χ2v) is 4.22. The van der Waals surface area contributed by atoms with Crippen molar-refractivity contribution in [2.45, 2.75) is 13.8 Å². The molecule has 2 N–H and O–H groups in total. The van der Waals surface area contributed by atoms with Gasteiger partial charge in [0.15, 0.2) is 0 Å². The topological polar surface area (TPSA) is 26.0 Å². The summed E-state index contributed by atoms with van der Waals surface area (Å²) in [6.45, 7) is 6.67. The molecular weight excluding hydrogens is 271 g/mol. The molecule has 0 atom stereocenters. The minimum Gasteiger partial charge on any atom is -1.00 e. The Morgan fingerprint density at radius 1 is 1.55 bits per heavy atom. The third kappa shape index (κ3) is 3.64. The average molecular weight is 286 g/mol. The van der Waals surface area contributed by atoms with Gasteiger partial charge in [0.2, 0.25) is 0 Å². The van der Waals surface area contributed by atoms with Crippen molar-refractivity contribution in [2.75, 3.05) is 19.3 Å². The maximum absolute atomic E-state index is 3.33. The zero-order chi connectivity index (χ0) is 7.61. The molecule has 0 radical (unpaired) electrons. The third-order valence-electron chi connectivity index (χ3n) is 1.66. The first-order chi connectivity index (χ1) is 4.64. The number of halogens is 1. The lowest BCUT2D eigenvalue weighted by atomic mass is 9.93. The summed E-state index contributed by atoms with van der Waals surface area (Å²) in [5.74, 6) is 0.